The van der Waals surface area contributed by atoms with Crippen molar-refractivity contribution in [1.82, 2.24) is 4.98 Å². The van der Waals surface area contributed by atoms with Gasteiger partial charge in [-0.15, -0.1) is 0 Å². The van der Waals surface area contributed by atoms with Gasteiger partial charge in [-0.3, -0.25) is 0 Å². The standard InChI is InChI=1S/C12H16N2O2/c1-8-6-9(2)14(7-8)11-10(12(15)16)4-3-5-13-11/h3-5,8-9H,6-7H2,1-2H3,(H,15,16). The quantitative estimate of drug-likeness (QED) is 0.828. The zero-order valence-corrected chi connectivity index (χ0v) is 9.55. The Kier molecular flexibility index (Phi) is 2.81. The van der Waals surface area contributed by atoms with Gasteiger partial charge in [-0.2, -0.15) is 0 Å². The van der Waals surface area contributed by atoms with E-state index in [0.717, 1.165) is 13.0 Å². The Morgan fingerprint density at radius 3 is 2.88 bits per heavy atom. The van der Waals surface area contributed by atoms with E-state index in [1.807, 2.05) is 0 Å². The maximum Gasteiger partial charge on any atom is 0.339 e. The Morgan fingerprint density at radius 2 is 2.31 bits per heavy atom. The van der Waals surface area contributed by atoms with Crippen LogP contribution in [0.1, 0.15) is 30.6 Å². The number of carboxylic acids is 1. The number of rotatable bonds is 2. The van der Waals surface area contributed by atoms with Crippen LogP contribution < -0.4 is 4.90 Å². The van der Waals surface area contributed by atoms with Crippen molar-refractivity contribution in [2.75, 3.05) is 11.4 Å². The Morgan fingerprint density at radius 1 is 1.56 bits per heavy atom. The molecule has 2 rings (SSSR count). The van der Waals surface area contributed by atoms with Crippen LogP contribution in [0.15, 0.2) is 18.3 Å². The molecule has 4 nitrogen and oxygen atoms in total. The largest absolute Gasteiger partial charge is 0.478 e. The van der Waals surface area contributed by atoms with Crippen LogP contribution in [0, 0.1) is 5.92 Å². The summed E-state index contributed by atoms with van der Waals surface area (Å²) in [7, 11) is 0. The molecular weight excluding hydrogens is 204 g/mol. The minimum absolute atomic E-state index is 0.295. The molecule has 1 fully saturated rings. The van der Waals surface area contributed by atoms with Crippen LogP contribution >= 0.6 is 0 Å². The third-order valence-electron chi connectivity index (χ3n) is 3.07. The highest BCUT2D eigenvalue weighted by atomic mass is 16.4. The zero-order chi connectivity index (χ0) is 11.7. The minimum atomic E-state index is -0.908. The van der Waals surface area contributed by atoms with Crippen molar-refractivity contribution in [1.29, 1.82) is 0 Å². The van der Waals surface area contributed by atoms with Gasteiger partial charge in [0.05, 0.1) is 0 Å². The number of carbonyl (C=O) groups is 1. The highest BCUT2D eigenvalue weighted by Gasteiger charge is 2.29. The number of hydrogen-bond acceptors (Lipinski definition) is 3. The first-order valence-electron chi connectivity index (χ1n) is 5.54. The van der Waals surface area contributed by atoms with E-state index in [-0.39, 0.29) is 0 Å². The maximum absolute atomic E-state index is 11.1. The van der Waals surface area contributed by atoms with Gasteiger partial charge >= 0.3 is 5.97 Å². The minimum Gasteiger partial charge on any atom is -0.478 e. The van der Waals surface area contributed by atoms with Crippen LogP contribution in [0.25, 0.3) is 0 Å². The number of carboxylic acid groups (broad SMARTS) is 1. The van der Waals surface area contributed by atoms with Crippen molar-refractivity contribution in [3.63, 3.8) is 0 Å². The van der Waals surface area contributed by atoms with Crippen LogP contribution in [-0.2, 0) is 0 Å². The molecule has 86 valence electrons. The average Bonchev–Trinajstić information content (AvgIpc) is 2.57. The van der Waals surface area contributed by atoms with Gasteiger partial charge in [0.2, 0.25) is 0 Å². The van der Waals surface area contributed by atoms with E-state index in [1.165, 1.54) is 0 Å². The summed E-state index contributed by atoms with van der Waals surface area (Å²) in [6, 6.07) is 3.64. The van der Waals surface area contributed by atoms with E-state index in [2.05, 4.69) is 23.7 Å². The van der Waals surface area contributed by atoms with E-state index in [4.69, 9.17) is 5.11 Å². The van der Waals surface area contributed by atoms with Crippen LogP contribution in [0.2, 0.25) is 0 Å². The van der Waals surface area contributed by atoms with Crippen molar-refractivity contribution >= 4 is 11.8 Å². The van der Waals surface area contributed by atoms with Crippen LogP contribution in [-0.4, -0.2) is 28.6 Å². The van der Waals surface area contributed by atoms with Crippen LogP contribution in [0.3, 0.4) is 0 Å². The van der Waals surface area contributed by atoms with Crippen molar-refractivity contribution in [3.05, 3.63) is 23.9 Å². The highest BCUT2D eigenvalue weighted by molar-refractivity contribution is 5.93. The summed E-state index contributed by atoms with van der Waals surface area (Å²) >= 11 is 0. The predicted molar refractivity (Wildman–Crippen MR) is 61.8 cm³/mol. The summed E-state index contributed by atoms with van der Waals surface area (Å²) in [4.78, 5) is 17.4. The lowest BCUT2D eigenvalue weighted by Crippen LogP contribution is -2.29. The van der Waals surface area contributed by atoms with Gasteiger partial charge in [0.15, 0.2) is 0 Å². The summed E-state index contributed by atoms with van der Waals surface area (Å²) in [5, 5.41) is 9.11. The van der Waals surface area contributed by atoms with E-state index < -0.39 is 5.97 Å². The fourth-order valence-corrected chi connectivity index (χ4v) is 2.39. The second-order valence-corrected chi connectivity index (χ2v) is 4.52. The Hall–Kier alpha value is -1.58. The molecule has 2 unspecified atom stereocenters. The molecule has 2 atom stereocenters. The first-order chi connectivity index (χ1) is 7.59. The summed E-state index contributed by atoms with van der Waals surface area (Å²) in [5.41, 5.74) is 0.295. The topological polar surface area (TPSA) is 53.4 Å². The predicted octanol–water partition coefficient (Wildman–Crippen LogP) is 2.01. The molecule has 0 bridgehead atoms. The Bertz CT molecular complexity index is 406. The smallest absolute Gasteiger partial charge is 0.339 e. The molecule has 0 saturated carbocycles. The van der Waals surface area contributed by atoms with Gasteiger partial charge in [0, 0.05) is 18.8 Å². The molecule has 0 amide bonds. The monoisotopic (exact) mass is 220 g/mol. The van der Waals surface area contributed by atoms with Gasteiger partial charge in [0.25, 0.3) is 0 Å². The molecule has 1 aliphatic rings. The summed E-state index contributed by atoms with van der Waals surface area (Å²) < 4.78 is 0. The molecule has 1 saturated heterocycles. The first-order valence-corrected chi connectivity index (χ1v) is 5.54. The van der Waals surface area contributed by atoms with Crippen LogP contribution in [0.4, 0.5) is 5.82 Å². The average molecular weight is 220 g/mol. The molecular formula is C12H16N2O2. The lowest BCUT2D eigenvalue weighted by atomic mass is 10.1. The van der Waals surface area contributed by atoms with Gasteiger partial charge in [-0.05, 0) is 31.4 Å². The molecule has 0 aliphatic carbocycles. The van der Waals surface area contributed by atoms with E-state index in [9.17, 15) is 4.79 Å². The molecule has 2 heterocycles. The molecule has 0 aromatic carbocycles. The number of pyridine rings is 1. The molecule has 16 heavy (non-hydrogen) atoms. The molecule has 0 radical (unpaired) electrons. The molecule has 1 aromatic rings. The Labute approximate surface area is 94.9 Å². The molecule has 0 spiro atoms. The number of aromatic nitrogens is 1. The normalized spacial score (nSPS) is 24.8. The fourth-order valence-electron chi connectivity index (χ4n) is 2.39. The zero-order valence-electron chi connectivity index (χ0n) is 9.55. The lowest BCUT2D eigenvalue weighted by Gasteiger charge is -2.23. The summed E-state index contributed by atoms with van der Waals surface area (Å²) in [6.07, 6.45) is 2.74. The van der Waals surface area contributed by atoms with E-state index >= 15 is 0 Å². The highest BCUT2D eigenvalue weighted by Crippen LogP contribution is 2.29. The number of nitrogens with zero attached hydrogens (tertiary/aromatic N) is 2. The number of hydrogen-bond donors (Lipinski definition) is 1. The maximum atomic E-state index is 11.1. The first kappa shape index (κ1) is 10.9. The van der Waals surface area contributed by atoms with Crippen LogP contribution in [0.5, 0.6) is 0 Å². The number of aromatic carboxylic acids is 1. The van der Waals surface area contributed by atoms with Gasteiger partial charge in [-0.25, -0.2) is 9.78 Å². The number of anilines is 1. The SMILES string of the molecule is CC1CC(C)N(c2ncccc2C(=O)O)C1. The Balaban J connectivity index is 2.36. The molecule has 1 aliphatic heterocycles. The van der Waals surface area contributed by atoms with Gasteiger partial charge in [-0.1, -0.05) is 6.92 Å². The summed E-state index contributed by atoms with van der Waals surface area (Å²) in [5.74, 6) is 0.292. The van der Waals surface area contributed by atoms with Crippen molar-refractivity contribution < 1.29 is 9.90 Å². The van der Waals surface area contributed by atoms with Crippen molar-refractivity contribution in [2.24, 2.45) is 5.92 Å². The third-order valence-corrected chi connectivity index (χ3v) is 3.07. The fraction of sp³-hybridized carbons (Fsp3) is 0.500. The van der Waals surface area contributed by atoms with Crippen molar-refractivity contribution in [2.45, 2.75) is 26.3 Å². The van der Waals surface area contributed by atoms with E-state index in [0.29, 0.717) is 23.3 Å². The van der Waals surface area contributed by atoms with Crippen molar-refractivity contribution in [3.8, 4) is 0 Å². The van der Waals surface area contributed by atoms with Gasteiger partial charge in [0.1, 0.15) is 11.4 Å². The molecule has 1 N–H and O–H groups in total. The third kappa shape index (κ3) is 1.87. The van der Waals surface area contributed by atoms with Gasteiger partial charge < -0.3 is 10.0 Å². The second-order valence-electron chi connectivity index (χ2n) is 4.52. The lowest BCUT2D eigenvalue weighted by molar-refractivity contribution is 0.0697. The molecule has 1 aromatic heterocycles. The second kappa shape index (κ2) is 4.12. The molecule has 4 heteroatoms. The van der Waals surface area contributed by atoms with E-state index in [1.54, 1.807) is 18.3 Å². The summed E-state index contributed by atoms with van der Waals surface area (Å²) in [6.45, 7) is 5.18.